The molecule has 0 unspecified atom stereocenters. The lowest BCUT2D eigenvalue weighted by molar-refractivity contribution is 0.149. The first kappa shape index (κ1) is 17.9. The summed E-state index contributed by atoms with van der Waals surface area (Å²) in [4.78, 5) is 4.69. The van der Waals surface area contributed by atoms with Gasteiger partial charge in [0.15, 0.2) is 5.44 Å². The normalized spacial score (nSPS) is 12.4. The Morgan fingerprint density at radius 2 is 1.52 bits per heavy atom. The molecule has 0 bridgehead atoms. The van der Waals surface area contributed by atoms with Crippen molar-refractivity contribution < 1.29 is 13.6 Å². The van der Waals surface area contributed by atoms with Crippen molar-refractivity contribution in [1.82, 2.24) is 9.38 Å². The van der Waals surface area contributed by atoms with Crippen LogP contribution in [0.1, 0.15) is 27.7 Å². The summed E-state index contributed by atoms with van der Waals surface area (Å²) in [6.07, 6.45) is 1.34. The molecular weight excluding hydrogens is 335 g/mol. The van der Waals surface area contributed by atoms with Crippen molar-refractivity contribution in [3.05, 3.63) is 54.7 Å². The number of aromatic nitrogens is 2. The zero-order valence-electron chi connectivity index (χ0n) is 14.9. The van der Waals surface area contributed by atoms with E-state index in [1.165, 1.54) is 0 Å². The van der Waals surface area contributed by atoms with E-state index in [4.69, 9.17) is 14.0 Å². The van der Waals surface area contributed by atoms with Crippen LogP contribution in [0.3, 0.4) is 0 Å². The van der Waals surface area contributed by atoms with Gasteiger partial charge in [0, 0.05) is 11.8 Å². The van der Waals surface area contributed by atoms with Crippen LogP contribution < -0.4 is 5.44 Å². The van der Waals surface area contributed by atoms with Gasteiger partial charge in [-0.3, -0.25) is 8.97 Å². The second kappa shape index (κ2) is 7.12. The third-order valence-electron chi connectivity index (χ3n) is 3.51. The molecule has 0 radical (unpaired) electrons. The van der Waals surface area contributed by atoms with Crippen LogP contribution in [0.15, 0.2) is 54.7 Å². The lowest BCUT2D eigenvalue weighted by atomic mass is 10.2. The van der Waals surface area contributed by atoms with Crippen molar-refractivity contribution in [3.8, 4) is 11.3 Å². The van der Waals surface area contributed by atoms with E-state index in [0.29, 0.717) is 16.8 Å². The first-order valence-electron chi connectivity index (χ1n) is 8.40. The number of rotatable bonds is 6. The Hall–Kier alpha value is -1.94. The van der Waals surface area contributed by atoms with Crippen LogP contribution in [0.2, 0.25) is 0 Å². The van der Waals surface area contributed by atoms with Crippen molar-refractivity contribution in [1.29, 1.82) is 0 Å². The number of benzene rings is 1. The fraction of sp³-hybridized carbons (Fsp3) is 0.316. The Kier molecular flexibility index (Phi) is 5.09. The minimum atomic E-state index is -3.58. The fourth-order valence-corrected chi connectivity index (χ4v) is 4.95. The molecular formula is C19H23N2O3P. The van der Waals surface area contributed by atoms with E-state index in [2.05, 4.69) is 0 Å². The van der Waals surface area contributed by atoms with Gasteiger partial charge in [0.1, 0.15) is 11.3 Å². The maximum absolute atomic E-state index is 13.8. The molecule has 0 aliphatic rings. The van der Waals surface area contributed by atoms with Crippen molar-refractivity contribution in [2.75, 3.05) is 0 Å². The zero-order chi connectivity index (χ0) is 18.0. The number of hydrogen-bond acceptors (Lipinski definition) is 4. The standard InChI is InChI=1S/C19H23N2O3P/c1-14(2)23-25(22,24-15(3)4)19-18(16-10-6-5-7-11-16)20-17-12-8-9-13-21(17)19/h5-15H,1-4H3. The van der Waals surface area contributed by atoms with Gasteiger partial charge >= 0.3 is 7.60 Å². The number of imidazole rings is 1. The molecule has 0 saturated carbocycles. The highest BCUT2D eigenvalue weighted by atomic mass is 31.2. The predicted octanol–water partition coefficient (Wildman–Crippen LogP) is 4.67. The van der Waals surface area contributed by atoms with E-state index >= 15 is 0 Å². The minimum Gasteiger partial charge on any atom is -0.301 e. The molecule has 0 fully saturated rings. The number of nitrogens with zero attached hydrogens (tertiary/aromatic N) is 2. The van der Waals surface area contributed by atoms with E-state index in [1.807, 2.05) is 82.4 Å². The summed E-state index contributed by atoms with van der Waals surface area (Å²) < 4.78 is 27.3. The molecule has 3 rings (SSSR count). The molecule has 0 atom stereocenters. The van der Waals surface area contributed by atoms with Gasteiger partial charge in [0.25, 0.3) is 0 Å². The molecule has 2 aromatic heterocycles. The molecule has 0 spiro atoms. The summed E-state index contributed by atoms with van der Waals surface area (Å²) in [5.74, 6) is 0. The second-order valence-corrected chi connectivity index (χ2v) is 8.22. The van der Waals surface area contributed by atoms with E-state index in [-0.39, 0.29) is 12.2 Å². The number of pyridine rings is 1. The van der Waals surface area contributed by atoms with Gasteiger partial charge in [-0.05, 0) is 39.8 Å². The topological polar surface area (TPSA) is 52.8 Å². The maximum Gasteiger partial charge on any atom is 0.380 e. The SMILES string of the molecule is CC(C)OP(=O)(OC(C)C)c1c(-c2ccccc2)nc2ccccn12. The van der Waals surface area contributed by atoms with Crippen LogP contribution in [0, 0.1) is 0 Å². The first-order chi connectivity index (χ1) is 11.9. The third-order valence-corrected chi connectivity index (χ3v) is 5.85. The summed E-state index contributed by atoms with van der Waals surface area (Å²) in [5, 5.41) is 0. The molecule has 3 aromatic rings. The zero-order valence-corrected chi connectivity index (χ0v) is 15.8. The van der Waals surface area contributed by atoms with Gasteiger partial charge in [-0.25, -0.2) is 4.98 Å². The fourth-order valence-electron chi connectivity index (χ4n) is 2.71. The monoisotopic (exact) mass is 358 g/mol. The molecule has 6 heteroatoms. The molecule has 0 saturated heterocycles. The average molecular weight is 358 g/mol. The third kappa shape index (κ3) is 3.69. The Bertz CT molecular complexity index is 889. The molecule has 0 N–H and O–H groups in total. The first-order valence-corrected chi connectivity index (χ1v) is 9.95. The Morgan fingerprint density at radius 3 is 2.12 bits per heavy atom. The maximum atomic E-state index is 13.8. The summed E-state index contributed by atoms with van der Waals surface area (Å²) in [6, 6.07) is 15.3. The van der Waals surface area contributed by atoms with Crippen LogP contribution in [-0.2, 0) is 13.6 Å². The van der Waals surface area contributed by atoms with Crippen LogP contribution >= 0.6 is 7.60 Å². The molecule has 0 amide bonds. The Labute approximate surface area is 148 Å². The molecule has 1 aromatic carbocycles. The van der Waals surface area contributed by atoms with Crippen molar-refractivity contribution in [2.45, 2.75) is 39.9 Å². The highest BCUT2D eigenvalue weighted by Gasteiger charge is 2.37. The van der Waals surface area contributed by atoms with E-state index in [9.17, 15) is 4.57 Å². The van der Waals surface area contributed by atoms with Crippen molar-refractivity contribution >= 4 is 18.7 Å². The number of hydrogen-bond donors (Lipinski definition) is 0. The van der Waals surface area contributed by atoms with Gasteiger partial charge in [-0.1, -0.05) is 36.4 Å². The minimum absolute atomic E-state index is 0.248. The van der Waals surface area contributed by atoms with Crippen LogP contribution in [0.25, 0.3) is 16.9 Å². The van der Waals surface area contributed by atoms with E-state index in [0.717, 1.165) is 5.56 Å². The largest absolute Gasteiger partial charge is 0.380 e. The van der Waals surface area contributed by atoms with Gasteiger partial charge in [-0.2, -0.15) is 0 Å². The highest BCUT2D eigenvalue weighted by molar-refractivity contribution is 7.62. The molecule has 2 heterocycles. The molecule has 132 valence electrons. The van der Waals surface area contributed by atoms with Crippen LogP contribution in [-0.4, -0.2) is 21.6 Å². The van der Waals surface area contributed by atoms with Gasteiger partial charge in [0.05, 0.1) is 12.2 Å². The summed E-state index contributed by atoms with van der Waals surface area (Å²) >= 11 is 0. The van der Waals surface area contributed by atoms with Crippen molar-refractivity contribution in [2.24, 2.45) is 0 Å². The lowest BCUT2D eigenvalue weighted by Gasteiger charge is -2.23. The molecule has 5 nitrogen and oxygen atoms in total. The molecule has 0 aliphatic heterocycles. The Morgan fingerprint density at radius 1 is 0.920 bits per heavy atom. The van der Waals surface area contributed by atoms with Gasteiger partial charge in [-0.15, -0.1) is 0 Å². The predicted molar refractivity (Wildman–Crippen MR) is 100 cm³/mol. The highest BCUT2D eigenvalue weighted by Crippen LogP contribution is 2.51. The average Bonchev–Trinajstić information content (AvgIpc) is 2.94. The summed E-state index contributed by atoms with van der Waals surface area (Å²) in [6.45, 7) is 7.40. The quantitative estimate of drug-likeness (QED) is 0.601. The van der Waals surface area contributed by atoms with Gasteiger partial charge < -0.3 is 9.05 Å². The molecule has 0 aliphatic carbocycles. The molecule has 25 heavy (non-hydrogen) atoms. The van der Waals surface area contributed by atoms with E-state index < -0.39 is 7.60 Å². The Balaban J connectivity index is 2.30. The second-order valence-electron chi connectivity index (χ2n) is 6.38. The smallest absolute Gasteiger partial charge is 0.301 e. The summed E-state index contributed by atoms with van der Waals surface area (Å²) in [7, 11) is -3.58. The van der Waals surface area contributed by atoms with Gasteiger partial charge in [0.2, 0.25) is 0 Å². The van der Waals surface area contributed by atoms with E-state index in [1.54, 1.807) is 4.40 Å². The number of fused-ring (bicyclic) bond motifs is 1. The van der Waals surface area contributed by atoms with Crippen molar-refractivity contribution in [3.63, 3.8) is 0 Å². The lowest BCUT2D eigenvalue weighted by Crippen LogP contribution is -2.21. The summed E-state index contributed by atoms with van der Waals surface area (Å²) in [5.41, 5.74) is 2.67. The van der Waals surface area contributed by atoms with Crippen LogP contribution in [0.4, 0.5) is 0 Å². The van der Waals surface area contributed by atoms with Crippen LogP contribution in [0.5, 0.6) is 0 Å².